The molecule has 0 N–H and O–H groups in total. The van der Waals surface area contributed by atoms with E-state index in [2.05, 4.69) is 33.9 Å². The number of rotatable bonds is 6. The molecule has 1 rings (SSSR count). The van der Waals surface area contributed by atoms with Crippen molar-refractivity contribution in [1.29, 1.82) is 0 Å². The van der Waals surface area contributed by atoms with E-state index < -0.39 is 20.4 Å². The van der Waals surface area contributed by atoms with Gasteiger partial charge in [-0.1, -0.05) is 20.8 Å². The van der Waals surface area contributed by atoms with Gasteiger partial charge >= 0.3 is 12.1 Å². The minimum absolute atomic E-state index is 0.0175. The Balaban J connectivity index is 3.19. The zero-order valence-corrected chi connectivity index (χ0v) is 19.6. The summed E-state index contributed by atoms with van der Waals surface area (Å²) in [6.07, 6.45) is 0.971. The molecular weight excluding hydrogens is 362 g/mol. The molecule has 0 aromatic carbocycles. The Kier molecular flexibility index (Phi) is 7.94. The Morgan fingerprint density at radius 3 is 2.19 bits per heavy atom. The Hall–Kier alpha value is -1.08. The van der Waals surface area contributed by atoms with Crippen LogP contribution in [0.2, 0.25) is 13.1 Å². The van der Waals surface area contributed by atoms with Crippen LogP contribution in [-0.4, -0.2) is 50.5 Å². The SMILES string of the molecule is CCOC(=O)CC[C@]1(O[Si](C)C)C[C@H](C(C)(C)C)CN1C(=O)OC(C)(C)C. The maximum absolute atomic E-state index is 13.0. The summed E-state index contributed by atoms with van der Waals surface area (Å²) in [6.45, 7) is 18.9. The van der Waals surface area contributed by atoms with E-state index in [1.807, 2.05) is 20.8 Å². The Labute approximate surface area is 166 Å². The van der Waals surface area contributed by atoms with Crippen LogP contribution in [0.5, 0.6) is 0 Å². The van der Waals surface area contributed by atoms with E-state index in [1.54, 1.807) is 11.8 Å². The summed E-state index contributed by atoms with van der Waals surface area (Å²) in [6, 6.07) is 0. The van der Waals surface area contributed by atoms with Crippen molar-refractivity contribution in [2.45, 2.75) is 92.1 Å². The predicted octanol–water partition coefficient (Wildman–Crippen LogP) is 4.60. The third kappa shape index (κ3) is 7.10. The summed E-state index contributed by atoms with van der Waals surface area (Å²) in [5.41, 5.74) is -1.38. The van der Waals surface area contributed by atoms with Crippen molar-refractivity contribution in [2.24, 2.45) is 11.3 Å². The number of esters is 1. The molecule has 0 aromatic rings. The molecule has 1 fully saturated rings. The minimum Gasteiger partial charge on any atom is -0.466 e. The number of carbonyl (C=O) groups is 2. The third-order valence-electron chi connectivity index (χ3n) is 4.72. The highest BCUT2D eigenvalue weighted by Gasteiger charge is 2.53. The molecule has 1 amide bonds. The van der Waals surface area contributed by atoms with Gasteiger partial charge in [-0.05, 0) is 58.5 Å². The van der Waals surface area contributed by atoms with Crippen LogP contribution in [0.3, 0.4) is 0 Å². The molecule has 0 aromatic heterocycles. The summed E-state index contributed by atoms with van der Waals surface area (Å²) in [7, 11) is -1.11. The van der Waals surface area contributed by atoms with Gasteiger partial charge in [-0.2, -0.15) is 0 Å². The van der Waals surface area contributed by atoms with Gasteiger partial charge in [0.25, 0.3) is 0 Å². The molecule has 0 bridgehead atoms. The van der Waals surface area contributed by atoms with Crippen LogP contribution in [-0.2, 0) is 18.7 Å². The molecule has 157 valence electrons. The average molecular weight is 401 g/mol. The number of hydrogen-bond acceptors (Lipinski definition) is 5. The first kappa shape index (κ1) is 24.0. The van der Waals surface area contributed by atoms with Gasteiger partial charge in [-0.25, -0.2) is 4.79 Å². The van der Waals surface area contributed by atoms with E-state index in [0.29, 0.717) is 26.0 Å². The molecule has 1 aliphatic heterocycles. The van der Waals surface area contributed by atoms with E-state index in [1.165, 1.54) is 0 Å². The lowest BCUT2D eigenvalue weighted by atomic mass is 9.78. The van der Waals surface area contributed by atoms with E-state index in [9.17, 15) is 9.59 Å². The van der Waals surface area contributed by atoms with Crippen molar-refractivity contribution in [1.82, 2.24) is 4.90 Å². The summed E-state index contributed by atoms with van der Waals surface area (Å²) in [5.74, 6) is -0.00151. The summed E-state index contributed by atoms with van der Waals surface area (Å²) >= 11 is 0. The van der Waals surface area contributed by atoms with Gasteiger partial charge in [0.1, 0.15) is 11.3 Å². The summed E-state index contributed by atoms with van der Waals surface area (Å²) in [4.78, 5) is 26.8. The summed E-state index contributed by atoms with van der Waals surface area (Å²) in [5, 5.41) is 0. The maximum atomic E-state index is 13.0. The number of carbonyl (C=O) groups excluding carboxylic acids is 2. The Bertz CT molecular complexity index is 523. The zero-order valence-electron chi connectivity index (χ0n) is 18.6. The van der Waals surface area contributed by atoms with Crippen LogP contribution >= 0.6 is 0 Å². The molecular formula is C20H38NO5Si. The molecule has 0 unspecified atom stereocenters. The molecule has 0 saturated carbocycles. The fourth-order valence-corrected chi connectivity index (χ4v) is 4.44. The largest absolute Gasteiger partial charge is 0.466 e. The second kappa shape index (κ2) is 8.95. The lowest BCUT2D eigenvalue weighted by Gasteiger charge is -2.40. The van der Waals surface area contributed by atoms with Crippen molar-refractivity contribution < 1.29 is 23.5 Å². The predicted molar refractivity (Wildman–Crippen MR) is 108 cm³/mol. The summed E-state index contributed by atoms with van der Waals surface area (Å²) < 4.78 is 17.2. The molecule has 1 saturated heterocycles. The first-order chi connectivity index (χ1) is 12.2. The van der Waals surface area contributed by atoms with E-state index >= 15 is 0 Å². The van der Waals surface area contributed by atoms with Crippen LogP contribution in [0, 0.1) is 11.3 Å². The van der Waals surface area contributed by atoms with Crippen LogP contribution < -0.4 is 0 Å². The van der Waals surface area contributed by atoms with Gasteiger partial charge in [0.05, 0.1) is 13.0 Å². The van der Waals surface area contributed by atoms with Gasteiger partial charge in [0.15, 0.2) is 0 Å². The van der Waals surface area contributed by atoms with E-state index in [0.717, 1.165) is 0 Å². The lowest BCUT2D eigenvalue weighted by molar-refractivity contribution is -0.146. The van der Waals surface area contributed by atoms with Crippen molar-refractivity contribution in [2.75, 3.05) is 13.2 Å². The van der Waals surface area contributed by atoms with Crippen molar-refractivity contribution in [3.8, 4) is 0 Å². The quantitative estimate of drug-likeness (QED) is 0.482. The number of ether oxygens (including phenoxy) is 2. The number of nitrogens with zero attached hydrogens (tertiary/aromatic N) is 1. The zero-order chi connectivity index (χ0) is 21.0. The fraction of sp³-hybridized carbons (Fsp3) is 0.900. The van der Waals surface area contributed by atoms with Gasteiger partial charge in [-0.3, -0.25) is 9.69 Å². The average Bonchev–Trinajstić information content (AvgIpc) is 2.83. The molecule has 0 spiro atoms. The van der Waals surface area contributed by atoms with E-state index in [-0.39, 0.29) is 29.8 Å². The fourth-order valence-electron chi connectivity index (χ4n) is 3.38. The van der Waals surface area contributed by atoms with Crippen molar-refractivity contribution in [3.05, 3.63) is 0 Å². The lowest BCUT2D eigenvalue weighted by Crippen LogP contribution is -2.52. The van der Waals surface area contributed by atoms with Crippen LogP contribution in [0.4, 0.5) is 4.79 Å². The highest BCUT2D eigenvalue weighted by Crippen LogP contribution is 2.46. The molecule has 27 heavy (non-hydrogen) atoms. The second-order valence-electron chi connectivity index (χ2n) is 9.62. The Morgan fingerprint density at radius 2 is 1.74 bits per heavy atom. The topological polar surface area (TPSA) is 65.1 Å². The van der Waals surface area contributed by atoms with Gasteiger partial charge in [-0.15, -0.1) is 0 Å². The molecule has 1 heterocycles. The normalized spacial score (nSPS) is 23.6. The molecule has 7 heteroatoms. The van der Waals surface area contributed by atoms with Gasteiger partial charge in [0, 0.05) is 13.0 Å². The molecule has 1 aliphatic rings. The van der Waals surface area contributed by atoms with Gasteiger partial charge in [0.2, 0.25) is 9.04 Å². The molecule has 1 radical (unpaired) electrons. The van der Waals surface area contributed by atoms with Crippen LogP contribution in [0.25, 0.3) is 0 Å². The van der Waals surface area contributed by atoms with Crippen LogP contribution in [0.1, 0.15) is 67.7 Å². The number of amides is 1. The number of likely N-dealkylation sites (tertiary alicyclic amines) is 1. The monoisotopic (exact) mass is 400 g/mol. The highest BCUT2D eigenvalue weighted by molar-refractivity contribution is 6.48. The standard InChI is InChI=1S/C20H38NO5Si/c1-10-24-16(22)11-12-20(26-27(8)9)13-15(18(2,3)4)14-21(20)17(23)25-19(5,6)7/h15H,10-14H2,1-9H3/t15-,20-/m0/s1. The smallest absolute Gasteiger partial charge is 0.412 e. The maximum Gasteiger partial charge on any atom is 0.412 e. The number of hydrogen-bond donors (Lipinski definition) is 0. The Morgan fingerprint density at radius 1 is 1.15 bits per heavy atom. The van der Waals surface area contributed by atoms with E-state index in [4.69, 9.17) is 13.9 Å². The van der Waals surface area contributed by atoms with Crippen LogP contribution in [0.15, 0.2) is 0 Å². The second-order valence-corrected chi connectivity index (χ2v) is 11.6. The van der Waals surface area contributed by atoms with Crippen molar-refractivity contribution in [3.63, 3.8) is 0 Å². The molecule has 6 nitrogen and oxygen atoms in total. The first-order valence-electron chi connectivity index (χ1n) is 9.85. The van der Waals surface area contributed by atoms with Crippen molar-refractivity contribution >= 4 is 21.1 Å². The highest BCUT2D eigenvalue weighted by atomic mass is 28.3. The molecule has 0 aliphatic carbocycles. The van der Waals surface area contributed by atoms with Gasteiger partial charge < -0.3 is 13.9 Å². The minimum atomic E-state index is -1.11. The molecule has 2 atom stereocenters. The third-order valence-corrected chi connectivity index (χ3v) is 5.51. The first-order valence-corrected chi connectivity index (χ1v) is 12.3.